The van der Waals surface area contributed by atoms with E-state index in [1.54, 1.807) is 24.5 Å². The largest absolute Gasteiger partial charge is 0.748 e. The van der Waals surface area contributed by atoms with Gasteiger partial charge in [-0.3, -0.25) is 9.78 Å². The second-order valence-electron chi connectivity index (χ2n) is 5.38. The first kappa shape index (κ1) is 19.4. The number of hydrogen-bond donors (Lipinski definition) is 1. The molecule has 4 aromatic rings. The van der Waals surface area contributed by atoms with E-state index in [1.807, 2.05) is 78.9 Å². The smallest absolute Gasteiger partial charge is 0.250 e. The molecule has 1 N–H and O–H groups in total. The number of aromatic nitrogens is 1. The molecule has 3 aromatic carbocycles. The Morgan fingerprint density at radius 2 is 1.54 bits per heavy atom. The van der Waals surface area contributed by atoms with Crippen LogP contribution in [0.4, 0.5) is 5.69 Å². The van der Waals surface area contributed by atoms with Crippen LogP contribution < -0.4 is 5.32 Å². The fraction of sp³-hybridized carbons (Fsp3) is 0. The molecule has 136 valence electrons. The molecule has 0 saturated heterocycles. The maximum absolute atomic E-state index is 12.2. The molecule has 0 aliphatic carbocycles. The van der Waals surface area contributed by atoms with Gasteiger partial charge in [0.25, 0.3) is 5.91 Å². The van der Waals surface area contributed by atoms with Crippen molar-refractivity contribution in [2.45, 2.75) is 0 Å². The van der Waals surface area contributed by atoms with Crippen molar-refractivity contribution in [3.8, 4) is 11.1 Å². The quantitative estimate of drug-likeness (QED) is 0.395. The van der Waals surface area contributed by atoms with Crippen molar-refractivity contribution >= 4 is 11.6 Å². The van der Waals surface area contributed by atoms with E-state index < -0.39 is 0 Å². The first-order chi connectivity index (χ1) is 12.3. The van der Waals surface area contributed by atoms with Crippen LogP contribution in [0.5, 0.6) is 0 Å². The fourth-order valence-electron chi connectivity index (χ4n) is 2.41. The van der Waals surface area contributed by atoms with Gasteiger partial charge < -0.3 is 35.6 Å². The van der Waals surface area contributed by atoms with E-state index in [2.05, 4.69) is 10.3 Å². The van der Waals surface area contributed by atoms with E-state index >= 15 is 0 Å². The molecule has 0 radical (unpaired) electrons. The van der Waals surface area contributed by atoms with Crippen molar-refractivity contribution in [2.24, 2.45) is 0 Å². The maximum atomic E-state index is 12.2. The number of benzene rings is 1. The van der Waals surface area contributed by atoms with Crippen molar-refractivity contribution in [1.29, 1.82) is 0 Å². The first-order valence-electron chi connectivity index (χ1n) is 8.04. The molecule has 0 atom stereocenters. The average molecular weight is 382 g/mol. The summed E-state index contributed by atoms with van der Waals surface area (Å²) in [4.78, 5) is 16.1. The van der Waals surface area contributed by atoms with E-state index in [-0.39, 0.29) is 23.0 Å². The van der Waals surface area contributed by atoms with Gasteiger partial charge in [0.1, 0.15) is 0 Å². The van der Waals surface area contributed by atoms with Crippen molar-refractivity contribution in [3.05, 3.63) is 109 Å². The van der Waals surface area contributed by atoms with Gasteiger partial charge in [-0.25, -0.2) is 0 Å². The molecule has 0 aliphatic rings. The standard InChI is InChI=1S/C17H13N2O.C5H5.Fe/c20-17(14-8-5-11-18-12-14)19-16-10-4-3-9-15(16)13-6-1-2-7-13;1-2-4-5-3-1;/h1-12H,(H,19,20);1-5H;/q-1;-5;. The molecule has 1 aromatic heterocycles. The second-order valence-corrected chi connectivity index (χ2v) is 5.38. The van der Waals surface area contributed by atoms with Gasteiger partial charge in [-0.05, 0) is 17.8 Å². The van der Waals surface area contributed by atoms with E-state index in [0.717, 1.165) is 16.8 Å². The zero-order valence-corrected chi connectivity index (χ0v) is 15.1. The van der Waals surface area contributed by atoms with Gasteiger partial charge in [0, 0.05) is 29.5 Å². The molecular weight excluding hydrogens is 364 g/mol. The van der Waals surface area contributed by atoms with Crippen molar-refractivity contribution in [2.75, 3.05) is 5.32 Å². The fourth-order valence-corrected chi connectivity index (χ4v) is 2.41. The van der Waals surface area contributed by atoms with Gasteiger partial charge in [0.15, 0.2) is 0 Å². The summed E-state index contributed by atoms with van der Waals surface area (Å²) >= 11 is 0. The number of para-hydroxylation sites is 1. The van der Waals surface area contributed by atoms with Gasteiger partial charge >= 0.3 is 0 Å². The molecule has 4 heteroatoms. The summed E-state index contributed by atoms with van der Waals surface area (Å²) in [5, 5.41) is 2.94. The molecule has 0 bridgehead atoms. The number of anilines is 1. The molecule has 1 heterocycles. The zero-order chi connectivity index (χ0) is 17.3. The van der Waals surface area contributed by atoms with Crippen LogP contribution in [-0.2, 0) is 17.1 Å². The van der Waals surface area contributed by atoms with E-state index in [9.17, 15) is 4.79 Å². The second kappa shape index (κ2) is 10.1. The van der Waals surface area contributed by atoms with Gasteiger partial charge in [-0.1, -0.05) is 29.3 Å². The van der Waals surface area contributed by atoms with Crippen molar-refractivity contribution in [3.63, 3.8) is 0 Å². The third-order valence-corrected chi connectivity index (χ3v) is 3.63. The van der Waals surface area contributed by atoms with Gasteiger partial charge in [0.2, 0.25) is 0 Å². The Morgan fingerprint density at radius 1 is 0.885 bits per heavy atom. The normalized spacial score (nSPS) is 9.38. The molecule has 0 saturated carbocycles. The predicted octanol–water partition coefficient (Wildman–Crippen LogP) is 5.12. The summed E-state index contributed by atoms with van der Waals surface area (Å²) in [6.07, 6.45) is 3.20. The SMILES string of the molecule is O=C(Nc1ccccc1-[c-]1cccc1)c1cccnc1.[Fe].[cH-]1[cH-][cH-][cH-][cH-]1. The molecule has 26 heavy (non-hydrogen) atoms. The van der Waals surface area contributed by atoms with Gasteiger partial charge in [0.05, 0.1) is 5.56 Å². The van der Waals surface area contributed by atoms with Crippen LogP contribution in [-0.4, -0.2) is 10.9 Å². The zero-order valence-electron chi connectivity index (χ0n) is 14.0. The van der Waals surface area contributed by atoms with Crippen LogP contribution in [0.1, 0.15) is 10.4 Å². The maximum Gasteiger partial charge on any atom is 0.250 e. The number of nitrogens with one attached hydrogen (secondary N) is 1. The number of pyridine rings is 1. The summed E-state index contributed by atoms with van der Waals surface area (Å²) in [6.45, 7) is 0. The molecule has 4 rings (SSSR count). The summed E-state index contributed by atoms with van der Waals surface area (Å²) < 4.78 is 0. The molecule has 3 nitrogen and oxygen atoms in total. The Kier molecular flexibility index (Phi) is 7.56. The van der Waals surface area contributed by atoms with Crippen molar-refractivity contribution in [1.82, 2.24) is 4.98 Å². The minimum atomic E-state index is -0.155. The molecule has 0 aliphatic heterocycles. The molecular formula is C22H18FeN2O-6. The third kappa shape index (κ3) is 5.28. The first-order valence-corrected chi connectivity index (χ1v) is 8.04. The molecule has 0 unspecified atom stereocenters. The van der Waals surface area contributed by atoms with Crippen LogP contribution in [0.2, 0.25) is 0 Å². The Bertz CT molecular complexity index is 868. The molecule has 0 spiro atoms. The van der Waals surface area contributed by atoms with Crippen LogP contribution in [0, 0.1) is 0 Å². The van der Waals surface area contributed by atoms with E-state index in [4.69, 9.17) is 0 Å². The Labute approximate surface area is 163 Å². The van der Waals surface area contributed by atoms with Gasteiger partial charge in [-0.2, -0.15) is 12.1 Å². The Balaban J connectivity index is 0.000000351. The number of carbonyl (C=O) groups is 1. The Hall–Kier alpha value is -2.94. The minimum Gasteiger partial charge on any atom is -0.748 e. The summed E-state index contributed by atoms with van der Waals surface area (Å²) in [7, 11) is 0. The monoisotopic (exact) mass is 382 g/mol. The summed E-state index contributed by atoms with van der Waals surface area (Å²) in [5.41, 5.74) is 3.44. The number of carbonyl (C=O) groups excluding carboxylic acids is 1. The number of rotatable bonds is 3. The van der Waals surface area contributed by atoms with Crippen LogP contribution >= 0.6 is 0 Å². The topological polar surface area (TPSA) is 42.0 Å². The molecule has 0 fully saturated rings. The summed E-state index contributed by atoms with van der Waals surface area (Å²) in [6, 6.07) is 29.3. The van der Waals surface area contributed by atoms with Crippen LogP contribution in [0.15, 0.2) is 103 Å². The van der Waals surface area contributed by atoms with Crippen LogP contribution in [0.25, 0.3) is 11.1 Å². The average Bonchev–Trinajstić information content (AvgIpc) is 3.39. The van der Waals surface area contributed by atoms with Crippen molar-refractivity contribution < 1.29 is 21.9 Å². The molecule has 1 amide bonds. The van der Waals surface area contributed by atoms with E-state index in [0.29, 0.717) is 5.56 Å². The predicted molar refractivity (Wildman–Crippen MR) is 102 cm³/mol. The Morgan fingerprint density at radius 3 is 2.15 bits per heavy atom. The number of nitrogens with zero attached hydrogens (tertiary/aromatic N) is 1. The third-order valence-electron chi connectivity index (χ3n) is 3.63. The number of amides is 1. The number of hydrogen-bond acceptors (Lipinski definition) is 2. The van der Waals surface area contributed by atoms with Crippen LogP contribution in [0.3, 0.4) is 0 Å². The summed E-state index contributed by atoms with van der Waals surface area (Å²) in [5.74, 6) is -0.155. The van der Waals surface area contributed by atoms with E-state index in [1.165, 1.54) is 0 Å². The van der Waals surface area contributed by atoms with Gasteiger partial charge in [-0.15, -0.1) is 18.2 Å². The minimum absolute atomic E-state index is 0.